The fraction of sp³-hybridized carbons (Fsp3) is 0.500. The zero-order chi connectivity index (χ0) is 12.5. The molecule has 18 heavy (non-hydrogen) atoms. The molecule has 0 unspecified atom stereocenters. The molecule has 3 rings (SSSR count). The van der Waals surface area contributed by atoms with Crippen molar-refractivity contribution >= 4 is 6.09 Å². The van der Waals surface area contributed by atoms with Crippen LogP contribution in [-0.4, -0.2) is 18.2 Å². The Bertz CT molecular complexity index is 435. The smallest absolute Gasteiger partial charge is 0.407 e. The van der Waals surface area contributed by atoms with Crippen LogP contribution in [0, 0.1) is 11.8 Å². The first kappa shape index (κ1) is 11.5. The van der Waals surface area contributed by atoms with Crippen molar-refractivity contribution in [1.29, 1.82) is 0 Å². The third-order valence-corrected chi connectivity index (χ3v) is 4.01. The lowest BCUT2D eigenvalue weighted by Gasteiger charge is -2.19. The van der Waals surface area contributed by atoms with Crippen molar-refractivity contribution in [1.82, 2.24) is 5.32 Å². The summed E-state index contributed by atoms with van der Waals surface area (Å²) in [4.78, 5) is 11.7. The highest BCUT2D eigenvalue weighted by Crippen LogP contribution is 2.50. The Balaban J connectivity index is 1.45. The summed E-state index contributed by atoms with van der Waals surface area (Å²) in [5.41, 5.74) is 7.04. The molecule has 3 N–H and O–H groups in total. The van der Waals surface area contributed by atoms with E-state index in [4.69, 9.17) is 10.5 Å². The van der Waals surface area contributed by atoms with E-state index in [1.807, 2.05) is 30.3 Å². The number of rotatable bonds is 3. The number of ether oxygens (including phenoxy) is 1. The van der Waals surface area contributed by atoms with Crippen LogP contribution in [0.4, 0.5) is 4.79 Å². The van der Waals surface area contributed by atoms with Gasteiger partial charge in [-0.2, -0.15) is 0 Å². The van der Waals surface area contributed by atoms with Gasteiger partial charge in [-0.15, -0.1) is 0 Å². The number of nitrogens with one attached hydrogen (secondary N) is 1. The number of benzene rings is 1. The second-order valence-electron chi connectivity index (χ2n) is 5.29. The highest BCUT2D eigenvalue weighted by Gasteiger charge is 2.52. The summed E-state index contributed by atoms with van der Waals surface area (Å²) < 4.78 is 5.18. The van der Waals surface area contributed by atoms with Crippen molar-refractivity contribution < 1.29 is 9.53 Å². The van der Waals surface area contributed by atoms with Gasteiger partial charge in [0, 0.05) is 12.1 Å². The van der Waals surface area contributed by atoms with Crippen molar-refractivity contribution in [3.05, 3.63) is 35.9 Å². The second kappa shape index (κ2) is 4.61. The van der Waals surface area contributed by atoms with Crippen LogP contribution >= 0.6 is 0 Å². The average Bonchev–Trinajstić information content (AvgIpc) is 3.09. The largest absolute Gasteiger partial charge is 0.445 e. The van der Waals surface area contributed by atoms with E-state index in [9.17, 15) is 4.79 Å². The normalized spacial score (nSPS) is 32.7. The highest BCUT2D eigenvalue weighted by molar-refractivity contribution is 5.67. The van der Waals surface area contributed by atoms with E-state index in [1.165, 1.54) is 6.42 Å². The van der Waals surface area contributed by atoms with Gasteiger partial charge in [0.2, 0.25) is 0 Å². The third kappa shape index (κ3) is 2.34. The SMILES string of the molecule is N[C@H]1[C@@H]2C[C@@H]2C[C@H]1NC(=O)OCc1ccccc1. The van der Waals surface area contributed by atoms with Crippen LogP contribution in [0.3, 0.4) is 0 Å². The van der Waals surface area contributed by atoms with Gasteiger partial charge in [-0.3, -0.25) is 0 Å². The van der Waals surface area contributed by atoms with Gasteiger partial charge in [-0.05, 0) is 30.2 Å². The molecule has 4 atom stereocenters. The molecule has 4 nitrogen and oxygen atoms in total. The molecule has 0 saturated heterocycles. The number of carbonyl (C=O) groups is 1. The Labute approximate surface area is 107 Å². The molecule has 2 aliphatic carbocycles. The second-order valence-corrected chi connectivity index (χ2v) is 5.29. The zero-order valence-corrected chi connectivity index (χ0v) is 10.2. The maximum atomic E-state index is 11.7. The summed E-state index contributed by atoms with van der Waals surface area (Å²) >= 11 is 0. The van der Waals surface area contributed by atoms with Gasteiger partial charge in [-0.25, -0.2) is 4.79 Å². The van der Waals surface area contributed by atoms with E-state index in [0.717, 1.165) is 17.9 Å². The highest BCUT2D eigenvalue weighted by atomic mass is 16.5. The Hall–Kier alpha value is -1.55. The molecule has 0 bridgehead atoms. The molecular formula is C14H18N2O2. The van der Waals surface area contributed by atoms with Gasteiger partial charge < -0.3 is 15.8 Å². The van der Waals surface area contributed by atoms with Gasteiger partial charge in [0.25, 0.3) is 0 Å². The molecular weight excluding hydrogens is 228 g/mol. The molecule has 1 aromatic carbocycles. The molecule has 96 valence electrons. The van der Waals surface area contributed by atoms with Crippen molar-refractivity contribution in [2.45, 2.75) is 31.5 Å². The molecule has 0 spiro atoms. The minimum Gasteiger partial charge on any atom is -0.445 e. The van der Waals surface area contributed by atoms with Crippen LogP contribution < -0.4 is 11.1 Å². The van der Waals surface area contributed by atoms with Crippen LogP contribution in [0.2, 0.25) is 0 Å². The first-order chi connectivity index (χ1) is 8.74. The van der Waals surface area contributed by atoms with E-state index in [1.54, 1.807) is 0 Å². The first-order valence-electron chi connectivity index (χ1n) is 6.47. The Morgan fingerprint density at radius 3 is 2.78 bits per heavy atom. The van der Waals surface area contributed by atoms with Crippen LogP contribution in [0.5, 0.6) is 0 Å². The van der Waals surface area contributed by atoms with E-state index in [-0.39, 0.29) is 18.2 Å². The number of amides is 1. The lowest BCUT2D eigenvalue weighted by Crippen LogP contribution is -2.46. The fourth-order valence-corrected chi connectivity index (χ4v) is 2.87. The number of nitrogens with two attached hydrogens (primary N) is 1. The Morgan fingerprint density at radius 2 is 2.11 bits per heavy atom. The topological polar surface area (TPSA) is 64.3 Å². The first-order valence-corrected chi connectivity index (χ1v) is 6.47. The molecule has 2 aliphatic rings. The molecule has 2 fully saturated rings. The number of hydrogen-bond donors (Lipinski definition) is 2. The van der Waals surface area contributed by atoms with Gasteiger partial charge >= 0.3 is 6.09 Å². The minimum absolute atomic E-state index is 0.0945. The van der Waals surface area contributed by atoms with E-state index < -0.39 is 0 Å². The fourth-order valence-electron chi connectivity index (χ4n) is 2.87. The van der Waals surface area contributed by atoms with Crippen LogP contribution in [0.15, 0.2) is 30.3 Å². The van der Waals surface area contributed by atoms with Gasteiger partial charge in [-0.1, -0.05) is 30.3 Å². The molecule has 0 aromatic heterocycles. The molecule has 1 amide bonds. The van der Waals surface area contributed by atoms with Crippen molar-refractivity contribution in [3.8, 4) is 0 Å². The Morgan fingerprint density at radius 1 is 1.33 bits per heavy atom. The molecule has 1 aromatic rings. The van der Waals surface area contributed by atoms with Crippen molar-refractivity contribution in [2.24, 2.45) is 17.6 Å². The lowest BCUT2D eigenvalue weighted by atomic mass is 10.1. The summed E-state index contributed by atoms with van der Waals surface area (Å²) in [6, 6.07) is 9.87. The molecule has 4 heteroatoms. The van der Waals surface area contributed by atoms with E-state index >= 15 is 0 Å². The number of alkyl carbamates (subject to hydrolysis) is 1. The lowest BCUT2D eigenvalue weighted by molar-refractivity contribution is 0.134. The summed E-state index contributed by atoms with van der Waals surface area (Å²) in [6.45, 7) is 0.307. The predicted molar refractivity (Wildman–Crippen MR) is 67.7 cm³/mol. The molecule has 2 saturated carbocycles. The van der Waals surface area contributed by atoms with E-state index in [0.29, 0.717) is 12.5 Å². The van der Waals surface area contributed by atoms with Crippen molar-refractivity contribution in [3.63, 3.8) is 0 Å². The quantitative estimate of drug-likeness (QED) is 0.852. The zero-order valence-electron chi connectivity index (χ0n) is 10.2. The molecule has 0 radical (unpaired) electrons. The van der Waals surface area contributed by atoms with E-state index in [2.05, 4.69) is 5.32 Å². The summed E-state index contributed by atoms with van der Waals surface area (Å²) in [5.74, 6) is 1.36. The monoisotopic (exact) mass is 246 g/mol. The molecule has 0 aliphatic heterocycles. The standard InChI is InChI=1S/C14H18N2O2/c15-13-11-6-10(11)7-12(13)16-14(17)18-8-9-4-2-1-3-5-9/h1-5,10-13H,6-8,15H2,(H,16,17)/t10-,11-,12-,13+/m1/s1. The van der Waals surface area contributed by atoms with Crippen LogP contribution in [0.25, 0.3) is 0 Å². The number of carbonyl (C=O) groups excluding carboxylic acids is 1. The number of hydrogen-bond acceptors (Lipinski definition) is 3. The van der Waals surface area contributed by atoms with Gasteiger partial charge in [0.05, 0.1) is 0 Å². The summed E-state index contributed by atoms with van der Waals surface area (Å²) in [6.07, 6.45) is 1.88. The predicted octanol–water partition coefficient (Wildman–Crippen LogP) is 1.65. The Kier molecular flexibility index (Phi) is 2.96. The van der Waals surface area contributed by atoms with Crippen LogP contribution in [0.1, 0.15) is 18.4 Å². The van der Waals surface area contributed by atoms with Crippen LogP contribution in [-0.2, 0) is 11.3 Å². The maximum Gasteiger partial charge on any atom is 0.407 e. The van der Waals surface area contributed by atoms with Crippen molar-refractivity contribution in [2.75, 3.05) is 0 Å². The minimum atomic E-state index is -0.361. The number of fused-ring (bicyclic) bond motifs is 1. The average molecular weight is 246 g/mol. The summed E-state index contributed by atoms with van der Waals surface area (Å²) in [7, 11) is 0. The third-order valence-electron chi connectivity index (χ3n) is 4.01. The van der Waals surface area contributed by atoms with Gasteiger partial charge in [0.1, 0.15) is 6.61 Å². The maximum absolute atomic E-state index is 11.7. The van der Waals surface area contributed by atoms with Gasteiger partial charge in [0.15, 0.2) is 0 Å². The molecule has 0 heterocycles. The summed E-state index contributed by atoms with van der Waals surface area (Å²) in [5, 5.41) is 2.87.